The second-order valence-corrected chi connectivity index (χ2v) is 24.3. The molecule has 3 heteroatoms. The number of hydrogen-bond donors (Lipinski definition) is 0. The van der Waals surface area contributed by atoms with Crippen LogP contribution >= 0.6 is 8.51 Å². The van der Waals surface area contributed by atoms with Crippen LogP contribution in [0.3, 0.4) is 0 Å². The zero-order valence-corrected chi connectivity index (χ0v) is 18.9. The van der Waals surface area contributed by atoms with Gasteiger partial charge in [0.15, 0.2) is 0 Å². The zero-order valence-electron chi connectivity index (χ0n) is 15.7. The van der Waals surface area contributed by atoms with Crippen LogP contribution in [0.2, 0.25) is 7.25 Å². The van der Waals surface area contributed by atoms with Gasteiger partial charge in [0.1, 0.15) is 0 Å². The van der Waals surface area contributed by atoms with E-state index in [4.69, 9.17) is 11.3 Å². The van der Waals surface area contributed by atoms with Gasteiger partial charge in [-0.05, 0) is 0 Å². The molecular formula is C22H31ClOZr. The summed E-state index contributed by atoms with van der Waals surface area (Å²) in [6.07, 6.45) is 19.8. The van der Waals surface area contributed by atoms with Crippen molar-refractivity contribution in [3.05, 3.63) is 46.6 Å². The number of allylic oxidation sites excluding steroid dienone is 8. The summed E-state index contributed by atoms with van der Waals surface area (Å²) in [5.74, 6) is 0. The summed E-state index contributed by atoms with van der Waals surface area (Å²) in [7, 11) is 7.90. The van der Waals surface area contributed by atoms with Crippen LogP contribution in [0.5, 0.6) is 0 Å². The van der Waals surface area contributed by atoms with Gasteiger partial charge in [0, 0.05) is 0 Å². The second-order valence-electron chi connectivity index (χ2n) is 8.17. The van der Waals surface area contributed by atoms with Crippen LogP contribution in [0.4, 0.5) is 0 Å². The van der Waals surface area contributed by atoms with E-state index in [1.54, 1.807) is 22.3 Å². The second kappa shape index (κ2) is 6.85. The molecule has 0 saturated heterocycles. The van der Waals surface area contributed by atoms with Gasteiger partial charge in [0.2, 0.25) is 0 Å². The predicted octanol–water partition coefficient (Wildman–Crippen LogP) is 7.06. The molecule has 0 N–H and O–H groups in total. The van der Waals surface area contributed by atoms with Gasteiger partial charge in [-0.1, -0.05) is 0 Å². The SMILES string of the molecule is C[CH]=[Zr]([Cl])([O]CC)([CH]1C=CC2=C1CCCC2)[CH]1C=CC2=C1CCCC2. The van der Waals surface area contributed by atoms with Gasteiger partial charge in [0.05, 0.1) is 0 Å². The molecule has 0 heterocycles. The van der Waals surface area contributed by atoms with Crippen molar-refractivity contribution in [2.45, 2.75) is 72.5 Å². The van der Waals surface area contributed by atoms with Crippen molar-refractivity contribution in [3.8, 4) is 0 Å². The van der Waals surface area contributed by atoms with Crippen LogP contribution in [-0.4, -0.2) is 10.3 Å². The Kier molecular flexibility index (Phi) is 5.02. The molecule has 1 nitrogen and oxygen atoms in total. The minimum atomic E-state index is -4.20. The fraction of sp³-hybridized carbons (Fsp3) is 0.591. The van der Waals surface area contributed by atoms with E-state index in [9.17, 15) is 0 Å². The van der Waals surface area contributed by atoms with Crippen molar-refractivity contribution in [2.24, 2.45) is 0 Å². The van der Waals surface area contributed by atoms with Gasteiger partial charge in [-0.2, -0.15) is 0 Å². The van der Waals surface area contributed by atoms with Gasteiger partial charge < -0.3 is 0 Å². The molecule has 4 aliphatic carbocycles. The normalized spacial score (nSPS) is 29.3. The average Bonchev–Trinajstić information content (AvgIpc) is 3.27. The zero-order chi connectivity index (χ0) is 17.5. The average molecular weight is 438 g/mol. The molecule has 4 aliphatic rings. The van der Waals surface area contributed by atoms with Crippen LogP contribution in [0.1, 0.15) is 65.2 Å². The topological polar surface area (TPSA) is 9.23 Å². The van der Waals surface area contributed by atoms with Gasteiger partial charge >= 0.3 is 158 Å². The molecule has 136 valence electrons. The Labute approximate surface area is 157 Å². The summed E-state index contributed by atoms with van der Waals surface area (Å²) in [6, 6.07) is 0. The van der Waals surface area contributed by atoms with Crippen LogP contribution < -0.4 is 0 Å². The van der Waals surface area contributed by atoms with Crippen molar-refractivity contribution in [1.29, 1.82) is 0 Å². The van der Waals surface area contributed by atoms with E-state index >= 15 is 0 Å². The molecule has 0 spiro atoms. The van der Waals surface area contributed by atoms with Gasteiger partial charge in [-0.15, -0.1) is 0 Å². The third kappa shape index (κ3) is 2.74. The monoisotopic (exact) mass is 436 g/mol. The van der Waals surface area contributed by atoms with Crippen molar-refractivity contribution < 1.29 is 20.4 Å². The van der Waals surface area contributed by atoms with Crippen LogP contribution in [0.15, 0.2) is 46.6 Å². The summed E-state index contributed by atoms with van der Waals surface area (Å²) in [5.41, 5.74) is 6.38. The summed E-state index contributed by atoms with van der Waals surface area (Å²) >= 11 is -4.20. The van der Waals surface area contributed by atoms with E-state index in [1.807, 2.05) is 0 Å². The molecular weight excluding hydrogens is 407 g/mol. The predicted molar refractivity (Wildman–Crippen MR) is 106 cm³/mol. The molecule has 0 radical (unpaired) electrons. The Morgan fingerprint density at radius 2 is 1.44 bits per heavy atom. The summed E-state index contributed by atoms with van der Waals surface area (Å²) < 4.78 is 9.87. The van der Waals surface area contributed by atoms with Crippen LogP contribution in [0, 0.1) is 0 Å². The number of halogens is 1. The molecule has 4 rings (SSSR count). The molecule has 25 heavy (non-hydrogen) atoms. The molecule has 0 amide bonds. The Balaban J connectivity index is 1.86. The Morgan fingerprint density at radius 3 is 1.88 bits per heavy atom. The fourth-order valence-electron chi connectivity index (χ4n) is 5.82. The van der Waals surface area contributed by atoms with Crippen molar-refractivity contribution >= 4 is 12.2 Å². The van der Waals surface area contributed by atoms with E-state index in [2.05, 4.69) is 41.9 Å². The minimum absolute atomic E-state index is 0.354. The maximum absolute atomic E-state index is 7.90. The third-order valence-electron chi connectivity index (χ3n) is 7.06. The van der Waals surface area contributed by atoms with Crippen LogP contribution in [-0.2, 0) is 20.4 Å². The first kappa shape index (κ1) is 18.3. The van der Waals surface area contributed by atoms with Gasteiger partial charge in [-0.25, -0.2) is 0 Å². The summed E-state index contributed by atoms with van der Waals surface area (Å²) in [4.78, 5) is 0. The standard InChI is InChI=1S/2C9H11.C2H5O.C2H4.ClH.Zr/c2*1-2-5-9-7-3-6-8(9)4-1;1-2-3;1-2;;/h2*3,6-7H,1-2,4-5H2;2H2,1H3;1H,2H3;1H;/q;;-1;;;+2/p-1. The molecule has 0 aromatic rings. The molecule has 0 saturated carbocycles. The Hall–Kier alpha value is -0.0369. The number of hydrogen-bond acceptors (Lipinski definition) is 1. The van der Waals surface area contributed by atoms with Crippen LogP contribution in [0.25, 0.3) is 0 Å². The van der Waals surface area contributed by atoms with E-state index in [0.717, 1.165) is 6.61 Å². The van der Waals surface area contributed by atoms with E-state index in [0.29, 0.717) is 7.25 Å². The van der Waals surface area contributed by atoms with Gasteiger partial charge in [-0.3, -0.25) is 0 Å². The van der Waals surface area contributed by atoms with E-state index < -0.39 is 17.5 Å². The first-order valence-corrected chi connectivity index (χ1v) is 18.7. The quantitative estimate of drug-likeness (QED) is 0.457. The molecule has 0 fully saturated rings. The maximum atomic E-state index is 7.90. The molecule has 0 aliphatic heterocycles. The molecule has 0 aromatic heterocycles. The summed E-state index contributed by atoms with van der Waals surface area (Å²) in [6.45, 7) is 5.04. The first-order valence-electron chi connectivity index (χ1n) is 10.2. The fourth-order valence-corrected chi connectivity index (χ4v) is 21.6. The van der Waals surface area contributed by atoms with Crippen molar-refractivity contribution in [3.63, 3.8) is 0 Å². The number of rotatable bonds is 4. The van der Waals surface area contributed by atoms with E-state index in [1.165, 1.54) is 51.4 Å². The van der Waals surface area contributed by atoms with Crippen molar-refractivity contribution in [1.82, 2.24) is 0 Å². The summed E-state index contributed by atoms with van der Waals surface area (Å²) in [5, 5.41) is 0. The van der Waals surface area contributed by atoms with E-state index in [-0.39, 0.29) is 0 Å². The molecule has 2 unspecified atom stereocenters. The first-order chi connectivity index (χ1) is 12.1. The Morgan fingerprint density at radius 1 is 0.960 bits per heavy atom. The third-order valence-corrected chi connectivity index (χ3v) is 25.3. The Bertz CT molecular complexity index is 713. The molecule has 2 atom stereocenters. The van der Waals surface area contributed by atoms with Gasteiger partial charge in [0.25, 0.3) is 0 Å². The van der Waals surface area contributed by atoms with Crippen molar-refractivity contribution in [2.75, 3.05) is 6.61 Å². The molecule has 0 aromatic carbocycles. The molecule has 0 bridgehead atoms.